The van der Waals surface area contributed by atoms with Crippen molar-refractivity contribution >= 4 is 11.8 Å². The molecule has 0 spiro atoms. The monoisotopic (exact) mass is 309 g/mol. The second-order valence-corrected chi connectivity index (χ2v) is 3.71. The molecular formula is C12H14F3NO5. The highest BCUT2D eigenvalue weighted by molar-refractivity contribution is 5.87. The zero-order valence-corrected chi connectivity index (χ0v) is 11.3. The average molecular weight is 309 g/mol. The summed E-state index contributed by atoms with van der Waals surface area (Å²) in [6.45, 7) is 1.05. The van der Waals surface area contributed by atoms with Crippen LogP contribution >= 0.6 is 0 Å². The van der Waals surface area contributed by atoms with Crippen molar-refractivity contribution in [2.45, 2.75) is 19.9 Å². The summed E-state index contributed by atoms with van der Waals surface area (Å²) >= 11 is 0. The first-order chi connectivity index (χ1) is 9.80. The van der Waals surface area contributed by atoms with E-state index >= 15 is 0 Å². The van der Waals surface area contributed by atoms with E-state index in [0.29, 0.717) is 0 Å². The van der Waals surface area contributed by atoms with Gasteiger partial charge < -0.3 is 19.3 Å². The van der Waals surface area contributed by atoms with E-state index in [-0.39, 0.29) is 23.6 Å². The molecular weight excluding hydrogens is 295 g/mol. The molecule has 0 unspecified atom stereocenters. The SMILES string of the molecule is CCOC(=O)Nc1cc(OC(F)(F)F)cc(CO)c1OC. The molecule has 1 amide bonds. The number of alkyl halides is 3. The van der Waals surface area contributed by atoms with Crippen LogP contribution in [0.3, 0.4) is 0 Å². The van der Waals surface area contributed by atoms with Gasteiger partial charge in [0.05, 0.1) is 26.0 Å². The Bertz CT molecular complexity index is 504. The number of carbonyl (C=O) groups excluding carboxylic acids is 1. The summed E-state index contributed by atoms with van der Waals surface area (Å²) in [4.78, 5) is 11.4. The van der Waals surface area contributed by atoms with Gasteiger partial charge in [0.2, 0.25) is 0 Å². The van der Waals surface area contributed by atoms with Gasteiger partial charge in [0.25, 0.3) is 0 Å². The topological polar surface area (TPSA) is 77.0 Å². The highest BCUT2D eigenvalue weighted by Crippen LogP contribution is 2.36. The summed E-state index contributed by atoms with van der Waals surface area (Å²) in [6.07, 6.45) is -5.77. The highest BCUT2D eigenvalue weighted by Gasteiger charge is 2.32. The van der Waals surface area contributed by atoms with E-state index in [1.54, 1.807) is 6.92 Å². The molecule has 0 aliphatic rings. The Kier molecular flexibility index (Phi) is 5.65. The van der Waals surface area contributed by atoms with Gasteiger partial charge in [-0.25, -0.2) is 4.79 Å². The van der Waals surface area contributed by atoms with E-state index in [0.717, 1.165) is 12.1 Å². The molecule has 9 heteroatoms. The molecule has 0 atom stereocenters. The second kappa shape index (κ2) is 7.02. The van der Waals surface area contributed by atoms with Gasteiger partial charge in [0.15, 0.2) is 0 Å². The van der Waals surface area contributed by atoms with Gasteiger partial charge in [-0.3, -0.25) is 5.32 Å². The van der Waals surface area contributed by atoms with Crippen LogP contribution in [0.5, 0.6) is 11.5 Å². The van der Waals surface area contributed by atoms with Gasteiger partial charge in [0, 0.05) is 11.6 Å². The predicted molar refractivity (Wildman–Crippen MR) is 66.2 cm³/mol. The Labute approximate surface area is 118 Å². The summed E-state index contributed by atoms with van der Waals surface area (Å²) in [5.41, 5.74) is -0.0900. The minimum atomic E-state index is -4.90. The molecule has 0 bridgehead atoms. The number of aliphatic hydroxyl groups excluding tert-OH is 1. The van der Waals surface area contributed by atoms with Crippen LogP contribution < -0.4 is 14.8 Å². The maximum Gasteiger partial charge on any atom is 0.573 e. The van der Waals surface area contributed by atoms with Gasteiger partial charge in [-0.15, -0.1) is 13.2 Å². The molecule has 1 aromatic rings. The van der Waals surface area contributed by atoms with Crippen molar-refractivity contribution in [3.05, 3.63) is 17.7 Å². The molecule has 0 aliphatic carbocycles. The standard InChI is InChI=1S/C12H14F3NO5/c1-3-20-11(18)16-9-5-8(21-12(13,14)15)4-7(6-17)10(9)19-2/h4-5,17H,3,6H2,1-2H3,(H,16,18). The summed E-state index contributed by atoms with van der Waals surface area (Å²) < 4.78 is 50.1. The molecule has 0 radical (unpaired) electrons. The quantitative estimate of drug-likeness (QED) is 0.874. The highest BCUT2D eigenvalue weighted by atomic mass is 19.4. The fourth-order valence-electron chi connectivity index (χ4n) is 1.58. The molecule has 0 heterocycles. The van der Waals surface area contributed by atoms with Crippen LogP contribution in [0.15, 0.2) is 12.1 Å². The predicted octanol–water partition coefficient (Wildman–Crippen LogP) is 2.65. The first-order valence-electron chi connectivity index (χ1n) is 5.82. The third-order valence-electron chi connectivity index (χ3n) is 2.26. The van der Waals surface area contributed by atoms with Gasteiger partial charge in [-0.1, -0.05) is 0 Å². The molecule has 2 N–H and O–H groups in total. The smallest absolute Gasteiger partial charge is 0.494 e. The van der Waals surface area contributed by atoms with Crippen molar-refractivity contribution in [2.24, 2.45) is 0 Å². The Hall–Kier alpha value is -2.16. The fourth-order valence-corrected chi connectivity index (χ4v) is 1.58. The number of carbonyl (C=O) groups is 1. The van der Waals surface area contributed by atoms with Gasteiger partial charge in [0.1, 0.15) is 11.5 Å². The van der Waals surface area contributed by atoms with Crippen LogP contribution in [0.1, 0.15) is 12.5 Å². The molecule has 118 valence electrons. The Morgan fingerprint density at radius 2 is 2.05 bits per heavy atom. The van der Waals surface area contributed by atoms with E-state index in [2.05, 4.69) is 14.8 Å². The number of hydrogen-bond acceptors (Lipinski definition) is 5. The minimum Gasteiger partial charge on any atom is -0.494 e. The van der Waals surface area contributed by atoms with Crippen LogP contribution in [0.25, 0.3) is 0 Å². The molecule has 1 rings (SSSR count). The van der Waals surface area contributed by atoms with Gasteiger partial charge >= 0.3 is 12.5 Å². The molecule has 21 heavy (non-hydrogen) atoms. The number of benzene rings is 1. The van der Waals surface area contributed by atoms with Crippen molar-refractivity contribution in [1.29, 1.82) is 0 Å². The molecule has 0 saturated carbocycles. The third-order valence-corrected chi connectivity index (χ3v) is 2.26. The average Bonchev–Trinajstić information content (AvgIpc) is 2.36. The van der Waals surface area contributed by atoms with Crippen molar-refractivity contribution in [1.82, 2.24) is 0 Å². The first-order valence-corrected chi connectivity index (χ1v) is 5.82. The number of hydrogen-bond donors (Lipinski definition) is 2. The molecule has 0 fully saturated rings. The van der Waals surface area contributed by atoms with Crippen LogP contribution in [-0.4, -0.2) is 31.3 Å². The van der Waals surface area contributed by atoms with E-state index in [1.165, 1.54) is 7.11 Å². The summed E-state index contributed by atoms with van der Waals surface area (Å²) in [5, 5.41) is 11.4. The number of ether oxygens (including phenoxy) is 3. The van der Waals surface area contributed by atoms with Gasteiger partial charge in [-0.05, 0) is 13.0 Å². The van der Waals surface area contributed by atoms with Gasteiger partial charge in [-0.2, -0.15) is 0 Å². The van der Waals surface area contributed by atoms with Crippen molar-refractivity contribution in [3.8, 4) is 11.5 Å². The lowest BCUT2D eigenvalue weighted by Gasteiger charge is -2.16. The van der Waals surface area contributed by atoms with Crippen LogP contribution in [0.2, 0.25) is 0 Å². The summed E-state index contributed by atoms with van der Waals surface area (Å²) in [7, 11) is 1.25. The Morgan fingerprint density at radius 1 is 1.38 bits per heavy atom. The molecule has 6 nitrogen and oxygen atoms in total. The maximum absolute atomic E-state index is 12.2. The fraction of sp³-hybridized carbons (Fsp3) is 0.417. The number of aliphatic hydroxyl groups is 1. The Balaban J connectivity index is 3.18. The first kappa shape index (κ1) is 16.9. The van der Waals surface area contributed by atoms with E-state index < -0.39 is 24.8 Å². The summed E-state index contributed by atoms with van der Waals surface area (Å²) in [5.74, 6) is -0.584. The third kappa shape index (κ3) is 5.03. The largest absolute Gasteiger partial charge is 0.573 e. The van der Waals surface area contributed by atoms with Crippen molar-refractivity contribution < 1.29 is 37.3 Å². The minimum absolute atomic E-state index is 0.0140. The molecule has 0 saturated heterocycles. The van der Waals surface area contributed by atoms with E-state index in [1.807, 2.05) is 0 Å². The maximum atomic E-state index is 12.2. The number of halogens is 3. The van der Waals surface area contributed by atoms with Crippen LogP contribution in [0.4, 0.5) is 23.7 Å². The van der Waals surface area contributed by atoms with E-state index in [9.17, 15) is 23.1 Å². The zero-order chi connectivity index (χ0) is 16.0. The number of nitrogens with one attached hydrogen (secondary N) is 1. The van der Waals surface area contributed by atoms with Crippen LogP contribution in [0, 0.1) is 0 Å². The summed E-state index contributed by atoms with van der Waals surface area (Å²) in [6, 6.07) is 1.88. The number of anilines is 1. The number of amides is 1. The Morgan fingerprint density at radius 3 is 2.52 bits per heavy atom. The number of rotatable bonds is 5. The number of methoxy groups -OCH3 is 1. The zero-order valence-electron chi connectivity index (χ0n) is 11.3. The normalized spacial score (nSPS) is 11.0. The molecule has 0 aromatic heterocycles. The van der Waals surface area contributed by atoms with Crippen molar-refractivity contribution in [3.63, 3.8) is 0 Å². The van der Waals surface area contributed by atoms with E-state index in [4.69, 9.17) is 4.74 Å². The lowest BCUT2D eigenvalue weighted by atomic mass is 10.1. The lowest BCUT2D eigenvalue weighted by Crippen LogP contribution is -2.18. The van der Waals surface area contributed by atoms with Crippen molar-refractivity contribution in [2.75, 3.05) is 19.0 Å². The molecule has 0 aliphatic heterocycles. The molecule has 1 aromatic carbocycles. The van der Waals surface area contributed by atoms with Crippen LogP contribution in [-0.2, 0) is 11.3 Å². The second-order valence-electron chi connectivity index (χ2n) is 3.71. The lowest BCUT2D eigenvalue weighted by molar-refractivity contribution is -0.274.